The number of carbonyl (C=O) groups is 1. The van der Waals surface area contributed by atoms with Gasteiger partial charge in [0.25, 0.3) is 5.56 Å². The molecule has 0 bridgehead atoms. The summed E-state index contributed by atoms with van der Waals surface area (Å²) in [7, 11) is 0. The summed E-state index contributed by atoms with van der Waals surface area (Å²) in [5.41, 5.74) is 5.35. The van der Waals surface area contributed by atoms with Crippen LogP contribution in [0.3, 0.4) is 0 Å². The number of hydrogen-bond donors (Lipinski definition) is 1. The number of nitrogens with one attached hydrogen (secondary N) is 1. The fourth-order valence-electron chi connectivity index (χ4n) is 5.69. The van der Waals surface area contributed by atoms with Crippen molar-refractivity contribution in [2.45, 2.75) is 72.6 Å². The molecule has 6 heteroatoms. The molecule has 0 unspecified atom stereocenters. The normalized spacial score (nSPS) is 18.1. The number of aromatic nitrogens is 3. The zero-order valence-electron chi connectivity index (χ0n) is 20.3. The van der Waals surface area contributed by atoms with E-state index in [2.05, 4.69) is 48.9 Å². The third-order valence-electron chi connectivity index (χ3n) is 7.14. The van der Waals surface area contributed by atoms with E-state index < -0.39 is 0 Å². The minimum atomic E-state index is -0.0910. The molecule has 3 aromatic rings. The average Bonchev–Trinajstić information content (AvgIpc) is 3.09. The summed E-state index contributed by atoms with van der Waals surface area (Å²) in [6.45, 7) is 10.3. The van der Waals surface area contributed by atoms with Gasteiger partial charge in [-0.1, -0.05) is 27.2 Å². The van der Waals surface area contributed by atoms with Crippen LogP contribution >= 0.6 is 0 Å². The molecule has 0 amide bonds. The summed E-state index contributed by atoms with van der Waals surface area (Å²) in [5, 5.41) is 6.55. The van der Waals surface area contributed by atoms with Gasteiger partial charge >= 0.3 is 0 Å². The molecule has 2 aromatic heterocycles. The fraction of sp³-hybridized carbons (Fsp3) is 0.519. The molecule has 1 aliphatic carbocycles. The minimum absolute atomic E-state index is 0.0157. The van der Waals surface area contributed by atoms with E-state index in [-0.39, 0.29) is 16.8 Å². The van der Waals surface area contributed by atoms with Crippen molar-refractivity contribution in [3.8, 4) is 5.69 Å². The SMILES string of the molecule is CCCc1cc2cc(-n3nc(C)c4c3CC(C)(C)CC4=O)cc(N3CCCCC3)c2c(=O)[nH]1. The maximum absolute atomic E-state index is 13.2. The van der Waals surface area contributed by atoms with Gasteiger partial charge in [0.15, 0.2) is 5.78 Å². The number of Topliss-reactive ketones (excluding diaryl/α,β-unsaturated/α-hetero) is 1. The number of pyridine rings is 1. The second-order valence-electron chi connectivity index (χ2n) is 10.6. The van der Waals surface area contributed by atoms with Crippen molar-refractivity contribution in [1.82, 2.24) is 14.8 Å². The van der Waals surface area contributed by atoms with E-state index in [4.69, 9.17) is 5.10 Å². The summed E-state index contributed by atoms with van der Waals surface area (Å²) in [5.74, 6) is 0.184. The van der Waals surface area contributed by atoms with Gasteiger partial charge in [-0.25, -0.2) is 4.68 Å². The van der Waals surface area contributed by atoms with Crippen LogP contribution in [0, 0.1) is 12.3 Å². The van der Waals surface area contributed by atoms with Gasteiger partial charge in [0.1, 0.15) is 0 Å². The zero-order valence-corrected chi connectivity index (χ0v) is 20.3. The predicted octanol–water partition coefficient (Wildman–Crippen LogP) is 5.12. The number of carbonyl (C=O) groups excluding carboxylic acids is 1. The molecule has 0 atom stereocenters. The number of aromatic amines is 1. The lowest BCUT2D eigenvalue weighted by atomic mass is 9.75. The number of benzene rings is 1. The first kappa shape index (κ1) is 21.9. The van der Waals surface area contributed by atoms with Crippen molar-refractivity contribution in [2.24, 2.45) is 5.41 Å². The highest BCUT2D eigenvalue weighted by molar-refractivity contribution is 6.00. The molecule has 5 rings (SSSR count). The Kier molecular flexibility index (Phi) is 5.42. The van der Waals surface area contributed by atoms with Crippen molar-refractivity contribution in [1.29, 1.82) is 0 Å². The number of rotatable bonds is 4. The van der Waals surface area contributed by atoms with E-state index in [0.717, 1.165) is 90.0 Å². The van der Waals surface area contributed by atoms with E-state index in [0.29, 0.717) is 6.42 Å². The topological polar surface area (TPSA) is 71.0 Å². The molecule has 1 aliphatic heterocycles. The third-order valence-corrected chi connectivity index (χ3v) is 7.14. The Morgan fingerprint density at radius 1 is 1.06 bits per heavy atom. The van der Waals surface area contributed by atoms with Gasteiger partial charge in [-0.2, -0.15) is 5.10 Å². The predicted molar refractivity (Wildman–Crippen MR) is 133 cm³/mol. The van der Waals surface area contributed by atoms with E-state index in [9.17, 15) is 9.59 Å². The van der Waals surface area contributed by atoms with Crippen LogP contribution in [0.2, 0.25) is 0 Å². The van der Waals surface area contributed by atoms with Crippen LogP contribution in [0.15, 0.2) is 23.0 Å². The second kappa shape index (κ2) is 8.15. The molecule has 2 aliphatic rings. The Hall–Kier alpha value is -2.89. The number of anilines is 1. The second-order valence-corrected chi connectivity index (χ2v) is 10.6. The largest absolute Gasteiger partial charge is 0.371 e. The molecule has 33 heavy (non-hydrogen) atoms. The molecule has 6 nitrogen and oxygen atoms in total. The van der Waals surface area contributed by atoms with E-state index in [1.54, 1.807) is 0 Å². The lowest BCUT2D eigenvalue weighted by molar-refractivity contribution is 0.0910. The highest BCUT2D eigenvalue weighted by Gasteiger charge is 2.36. The molecule has 0 spiro atoms. The van der Waals surface area contributed by atoms with Crippen molar-refractivity contribution in [3.63, 3.8) is 0 Å². The smallest absolute Gasteiger partial charge is 0.258 e. The Morgan fingerprint density at radius 3 is 2.55 bits per heavy atom. The Bertz CT molecular complexity index is 1290. The molecular weight excluding hydrogens is 412 g/mol. The first-order valence-electron chi connectivity index (χ1n) is 12.3. The van der Waals surface area contributed by atoms with Crippen molar-refractivity contribution < 1.29 is 4.79 Å². The van der Waals surface area contributed by atoms with Crippen LogP contribution in [0.4, 0.5) is 5.69 Å². The standard InChI is InChI=1S/C27H34N4O2/c1-5-9-19-12-18-13-20(14-21(25(18)26(33)28-19)30-10-7-6-8-11-30)31-22-15-27(3,4)16-23(32)24(22)17(2)29-31/h12-14H,5-11,15-16H2,1-4H3,(H,28,33). The molecule has 0 saturated carbocycles. The maximum atomic E-state index is 13.2. The minimum Gasteiger partial charge on any atom is -0.371 e. The summed E-state index contributed by atoms with van der Waals surface area (Å²) in [6.07, 6.45) is 6.68. The summed E-state index contributed by atoms with van der Waals surface area (Å²) >= 11 is 0. The first-order chi connectivity index (χ1) is 15.8. The number of fused-ring (bicyclic) bond motifs is 2. The van der Waals surface area contributed by atoms with E-state index in [1.807, 2.05) is 11.6 Å². The first-order valence-corrected chi connectivity index (χ1v) is 12.3. The van der Waals surface area contributed by atoms with Gasteiger partial charge in [0, 0.05) is 25.2 Å². The van der Waals surface area contributed by atoms with Crippen LogP contribution in [-0.2, 0) is 12.8 Å². The maximum Gasteiger partial charge on any atom is 0.258 e. The highest BCUT2D eigenvalue weighted by Crippen LogP contribution is 2.38. The van der Waals surface area contributed by atoms with Gasteiger partial charge in [-0.05, 0) is 68.0 Å². The van der Waals surface area contributed by atoms with Gasteiger partial charge in [-0.15, -0.1) is 0 Å². The lowest BCUT2D eigenvalue weighted by Gasteiger charge is -2.31. The lowest BCUT2D eigenvalue weighted by Crippen LogP contribution is -2.31. The van der Waals surface area contributed by atoms with Gasteiger partial charge in [0.2, 0.25) is 0 Å². The molecule has 1 saturated heterocycles. The van der Waals surface area contributed by atoms with Crippen molar-refractivity contribution in [3.05, 3.63) is 51.2 Å². The Morgan fingerprint density at radius 2 is 1.82 bits per heavy atom. The van der Waals surface area contributed by atoms with Crippen molar-refractivity contribution in [2.75, 3.05) is 18.0 Å². The molecule has 1 N–H and O–H groups in total. The number of H-pyrrole nitrogens is 1. The molecule has 174 valence electrons. The fourth-order valence-corrected chi connectivity index (χ4v) is 5.69. The molecule has 1 fully saturated rings. The van der Waals surface area contributed by atoms with Crippen LogP contribution in [0.25, 0.3) is 16.5 Å². The van der Waals surface area contributed by atoms with Gasteiger partial charge < -0.3 is 9.88 Å². The quantitative estimate of drug-likeness (QED) is 0.604. The molecule has 1 aromatic carbocycles. The molecule has 0 radical (unpaired) electrons. The summed E-state index contributed by atoms with van der Waals surface area (Å²) in [6, 6.07) is 6.31. The number of aryl methyl sites for hydroxylation is 2. The van der Waals surface area contributed by atoms with Crippen LogP contribution in [0.5, 0.6) is 0 Å². The molecule has 3 heterocycles. The average molecular weight is 447 g/mol. The van der Waals surface area contributed by atoms with Gasteiger partial charge in [-0.3, -0.25) is 9.59 Å². The van der Waals surface area contributed by atoms with Crippen LogP contribution in [0.1, 0.15) is 80.3 Å². The number of piperidine rings is 1. The van der Waals surface area contributed by atoms with Gasteiger partial charge in [0.05, 0.1) is 33.7 Å². The van der Waals surface area contributed by atoms with Crippen molar-refractivity contribution >= 4 is 22.2 Å². The zero-order chi connectivity index (χ0) is 23.3. The number of hydrogen-bond acceptors (Lipinski definition) is 4. The monoisotopic (exact) mass is 446 g/mol. The Labute approximate surface area is 195 Å². The van der Waals surface area contributed by atoms with Crippen LogP contribution < -0.4 is 10.5 Å². The van der Waals surface area contributed by atoms with E-state index >= 15 is 0 Å². The third kappa shape index (κ3) is 3.90. The summed E-state index contributed by atoms with van der Waals surface area (Å²) < 4.78 is 1.97. The van der Waals surface area contributed by atoms with E-state index in [1.165, 1.54) is 6.42 Å². The molecular formula is C27H34N4O2. The highest BCUT2D eigenvalue weighted by atomic mass is 16.1. The number of nitrogens with zero attached hydrogens (tertiary/aromatic N) is 3. The number of ketones is 1. The van der Waals surface area contributed by atoms with Crippen LogP contribution in [-0.4, -0.2) is 33.6 Å². The summed E-state index contributed by atoms with van der Waals surface area (Å²) in [4.78, 5) is 31.6. The Balaban J connectivity index is 1.75.